The van der Waals surface area contributed by atoms with Crippen molar-refractivity contribution in [2.75, 3.05) is 20.1 Å². The van der Waals surface area contributed by atoms with Crippen LogP contribution in [0.25, 0.3) is 0 Å². The molecule has 1 atom stereocenters. The average Bonchev–Trinajstić information content (AvgIpc) is 3.31. The van der Waals surface area contributed by atoms with E-state index in [-0.39, 0.29) is 6.10 Å². The largest absolute Gasteiger partial charge is 0.478 e. The topological polar surface area (TPSA) is 115 Å². The third kappa shape index (κ3) is 7.74. The maximum Gasteiger partial charge on any atom is 0.328 e. The summed E-state index contributed by atoms with van der Waals surface area (Å²) in [5, 5.41) is 17.4. The monoisotopic (exact) mass is 402 g/mol. The molecule has 0 radical (unpaired) electrons. The molecule has 0 saturated carbocycles. The number of para-hydroxylation sites is 1. The number of carboxylic acid groups (broad SMARTS) is 2. The first-order chi connectivity index (χ1) is 13.8. The van der Waals surface area contributed by atoms with Gasteiger partial charge in [0.1, 0.15) is 5.84 Å². The van der Waals surface area contributed by atoms with Gasteiger partial charge in [0.2, 0.25) is 5.96 Å². The van der Waals surface area contributed by atoms with Crippen molar-refractivity contribution in [3.05, 3.63) is 42.5 Å². The molecule has 2 N–H and O–H groups in total. The van der Waals surface area contributed by atoms with E-state index in [4.69, 9.17) is 25.0 Å². The third-order valence-corrected chi connectivity index (χ3v) is 4.14. The first kappa shape index (κ1) is 22.1. The number of carboxylic acids is 2. The fourth-order valence-corrected chi connectivity index (χ4v) is 2.83. The molecule has 1 aromatic carbocycles. The summed E-state index contributed by atoms with van der Waals surface area (Å²) in [6.45, 7) is 4.12. The molecule has 1 aromatic rings. The fraction of sp³-hybridized carbons (Fsp3) is 0.400. The molecule has 2 saturated heterocycles. The summed E-state index contributed by atoms with van der Waals surface area (Å²) in [6.07, 6.45) is 4.55. The SMILES string of the molecule is CC1CC(=NC(=Nc2ccccc2)N2CCCC2)N(C)O1.O=C(O)/C=C\C(=O)O. The van der Waals surface area contributed by atoms with Crippen LogP contribution in [0.3, 0.4) is 0 Å². The normalized spacial score (nSPS) is 20.8. The van der Waals surface area contributed by atoms with E-state index >= 15 is 0 Å². The van der Waals surface area contributed by atoms with Gasteiger partial charge < -0.3 is 15.1 Å². The Morgan fingerprint density at radius 1 is 1.10 bits per heavy atom. The van der Waals surface area contributed by atoms with Crippen molar-refractivity contribution in [1.29, 1.82) is 0 Å². The zero-order valence-corrected chi connectivity index (χ0v) is 16.6. The van der Waals surface area contributed by atoms with Crippen molar-refractivity contribution in [2.45, 2.75) is 32.3 Å². The van der Waals surface area contributed by atoms with Crippen LogP contribution in [-0.2, 0) is 14.4 Å². The van der Waals surface area contributed by atoms with Gasteiger partial charge >= 0.3 is 11.9 Å². The summed E-state index contributed by atoms with van der Waals surface area (Å²) in [5.41, 5.74) is 0.943. The number of aliphatic imine (C=N–C) groups is 2. The van der Waals surface area contributed by atoms with Gasteiger partial charge in [-0.3, -0.25) is 4.84 Å². The van der Waals surface area contributed by atoms with Gasteiger partial charge in [-0.1, -0.05) is 18.2 Å². The minimum Gasteiger partial charge on any atom is -0.478 e. The maximum atomic E-state index is 9.55. The molecule has 3 rings (SSSR count). The van der Waals surface area contributed by atoms with E-state index in [1.807, 2.05) is 37.4 Å². The van der Waals surface area contributed by atoms with E-state index in [1.54, 1.807) is 5.06 Å². The van der Waals surface area contributed by atoms with Gasteiger partial charge in [-0.25, -0.2) is 19.6 Å². The lowest BCUT2D eigenvalue weighted by molar-refractivity contribution is -0.134. The van der Waals surface area contributed by atoms with Crippen LogP contribution in [0.2, 0.25) is 0 Å². The lowest BCUT2D eigenvalue weighted by Crippen LogP contribution is -2.29. The lowest BCUT2D eigenvalue weighted by Gasteiger charge is -2.18. The molecule has 2 aliphatic heterocycles. The van der Waals surface area contributed by atoms with Crippen molar-refractivity contribution in [3.8, 4) is 0 Å². The number of benzene rings is 1. The Morgan fingerprint density at radius 2 is 1.69 bits per heavy atom. The van der Waals surface area contributed by atoms with Gasteiger partial charge in [-0.05, 0) is 31.9 Å². The van der Waals surface area contributed by atoms with Crippen LogP contribution in [0.15, 0.2) is 52.5 Å². The highest BCUT2D eigenvalue weighted by Gasteiger charge is 2.25. The third-order valence-electron chi connectivity index (χ3n) is 4.14. The molecule has 9 nitrogen and oxygen atoms in total. The molecule has 0 aliphatic carbocycles. The molecule has 29 heavy (non-hydrogen) atoms. The Kier molecular flexibility index (Phi) is 8.35. The molecule has 2 aliphatic rings. The lowest BCUT2D eigenvalue weighted by atomic mass is 10.3. The number of rotatable bonds is 3. The Hall–Kier alpha value is -3.20. The van der Waals surface area contributed by atoms with Crippen molar-refractivity contribution in [2.24, 2.45) is 9.98 Å². The summed E-state index contributed by atoms with van der Waals surface area (Å²) < 4.78 is 0. The van der Waals surface area contributed by atoms with E-state index in [2.05, 4.69) is 11.8 Å². The van der Waals surface area contributed by atoms with E-state index in [0.29, 0.717) is 12.2 Å². The van der Waals surface area contributed by atoms with E-state index in [0.717, 1.165) is 37.0 Å². The van der Waals surface area contributed by atoms with E-state index in [9.17, 15) is 9.59 Å². The van der Waals surface area contributed by atoms with Gasteiger partial charge in [-0.2, -0.15) is 4.99 Å². The van der Waals surface area contributed by atoms with Crippen molar-refractivity contribution in [3.63, 3.8) is 0 Å². The molecular formula is C20H26N4O5. The van der Waals surface area contributed by atoms with Crippen LogP contribution in [-0.4, -0.2) is 70.2 Å². The number of likely N-dealkylation sites (tertiary alicyclic amines) is 1. The number of hydrogen-bond donors (Lipinski definition) is 2. The second kappa shape index (κ2) is 11.0. The van der Waals surface area contributed by atoms with Crippen LogP contribution >= 0.6 is 0 Å². The van der Waals surface area contributed by atoms with Gasteiger partial charge in [0.25, 0.3) is 0 Å². The second-order valence-electron chi connectivity index (χ2n) is 6.60. The van der Waals surface area contributed by atoms with E-state index < -0.39 is 11.9 Å². The average molecular weight is 402 g/mol. The molecule has 0 bridgehead atoms. The van der Waals surface area contributed by atoms with Crippen LogP contribution in [0.4, 0.5) is 5.69 Å². The van der Waals surface area contributed by atoms with Crippen molar-refractivity contribution in [1.82, 2.24) is 9.96 Å². The van der Waals surface area contributed by atoms with Crippen LogP contribution < -0.4 is 0 Å². The summed E-state index contributed by atoms with van der Waals surface area (Å²) in [6, 6.07) is 10.0. The Labute approximate surface area is 169 Å². The van der Waals surface area contributed by atoms with Gasteiger partial charge in [0, 0.05) is 38.7 Å². The van der Waals surface area contributed by atoms with Crippen LogP contribution in [0.5, 0.6) is 0 Å². The highest BCUT2D eigenvalue weighted by Crippen LogP contribution is 2.18. The fourth-order valence-electron chi connectivity index (χ4n) is 2.83. The minimum atomic E-state index is -1.26. The number of aliphatic carboxylic acids is 2. The number of hydrogen-bond acceptors (Lipinski definition) is 4. The van der Waals surface area contributed by atoms with Gasteiger partial charge in [0.05, 0.1) is 11.8 Å². The number of hydroxylamine groups is 2. The minimum absolute atomic E-state index is 0.185. The Balaban J connectivity index is 0.000000321. The first-order valence-corrected chi connectivity index (χ1v) is 9.36. The standard InChI is InChI=1S/C16H22N4O.C4H4O4/c1-13-12-15(19(2)21-13)18-16(20-10-6-7-11-20)17-14-8-4-3-5-9-14;5-3(6)1-2-4(7)8/h3-5,8-9,13H,6-7,10-12H2,1-2H3;1-2H,(H,5,6)(H,7,8)/b;2-1-. The molecule has 1 unspecified atom stereocenters. The molecular weight excluding hydrogens is 376 g/mol. The summed E-state index contributed by atoms with van der Waals surface area (Å²) >= 11 is 0. The highest BCUT2D eigenvalue weighted by atomic mass is 16.7. The smallest absolute Gasteiger partial charge is 0.328 e. The number of amidine groups is 1. The molecule has 0 aromatic heterocycles. The summed E-state index contributed by atoms with van der Waals surface area (Å²) in [4.78, 5) is 36.5. The molecule has 9 heteroatoms. The summed E-state index contributed by atoms with van der Waals surface area (Å²) in [7, 11) is 1.91. The van der Waals surface area contributed by atoms with Crippen molar-refractivity contribution < 1.29 is 24.6 Å². The number of guanidine groups is 1. The molecule has 0 amide bonds. The molecule has 2 heterocycles. The van der Waals surface area contributed by atoms with Gasteiger partial charge in [0.15, 0.2) is 0 Å². The predicted octanol–water partition coefficient (Wildman–Crippen LogP) is 2.54. The molecule has 2 fully saturated rings. The zero-order valence-electron chi connectivity index (χ0n) is 16.6. The summed E-state index contributed by atoms with van der Waals surface area (Å²) in [5.74, 6) is -0.762. The first-order valence-electron chi connectivity index (χ1n) is 9.36. The number of nitrogens with zero attached hydrogens (tertiary/aromatic N) is 4. The highest BCUT2D eigenvalue weighted by molar-refractivity contribution is 5.97. The van der Waals surface area contributed by atoms with E-state index in [1.165, 1.54) is 12.8 Å². The Morgan fingerprint density at radius 3 is 2.17 bits per heavy atom. The zero-order chi connectivity index (χ0) is 21.2. The predicted molar refractivity (Wildman–Crippen MR) is 109 cm³/mol. The second-order valence-corrected chi connectivity index (χ2v) is 6.60. The van der Waals surface area contributed by atoms with Gasteiger partial charge in [-0.15, -0.1) is 0 Å². The number of carbonyl (C=O) groups is 2. The van der Waals surface area contributed by atoms with Crippen LogP contribution in [0.1, 0.15) is 26.2 Å². The quantitative estimate of drug-likeness (QED) is 0.453. The molecule has 0 spiro atoms. The maximum absolute atomic E-state index is 9.55. The van der Waals surface area contributed by atoms with Crippen molar-refractivity contribution >= 4 is 29.4 Å². The molecule has 156 valence electrons. The Bertz CT molecular complexity index is 769. The van der Waals surface area contributed by atoms with Crippen LogP contribution in [0, 0.1) is 0 Å².